The molecule has 3 amide bonds. The molecule has 1 rings (SSSR count). The number of aliphatic carboxylic acids is 2. The molecule has 5 atom stereocenters. The van der Waals surface area contributed by atoms with E-state index in [0.29, 0.717) is 12.1 Å². The molecule has 0 aliphatic carbocycles. The van der Waals surface area contributed by atoms with Crippen molar-refractivity contribution < 1.29 is 34.2 Å². The first-order valence-corrected chi connectivity index (χ1v) is 11.3. The second-order valence-electron chi connectivity index (χ2n) is 7.83. The van der Waals surface area contributed by atoms with E-state index in [9.17, 15) is 29.1 Å². The van der Waals surface area contributed by atoms with Crippen molar-refractivity contribution in [2.45, 2.75) is 63.7 Å². The minimum atomic E-state index is -1.28. The number of carboxylic acids is 2. The third kappa shape index (κ3) is 9.39. The molecule has 0 aliphatic heterocycles. The maximum atomic E-state index is 13.0. The van der Waals surface area contributed by atoms with Gasteiger partial charge in [-0.2, -0.15) is 12.6 Å². The van der Waals surface area contributed by atoms with Gasteiger partial charge in [0.25, 0.3) is 0 Å². The van der Waals surface area contributed by atoms with Crippen LogP contribution in [0.25, 0.3) is 0 Å². The zero-order valence-corrected chi connectivity index (χ0v) is 19.9. The molecule has 0 fully saturated rings. The van der Waals surface area contributed by atoms with Crippen molar-refractivity contribution in [2.24, 2.45) is 11.7 Å². The smallest absolute Gasteiger partial charge is 0.326 e. The summed E-state index contributed by atoms with van der Waals surface area (Å²) < 4.78 is 0. The fraction of sp³-hybridized carbons (Fsp3) is 0.600. The summed E-state index contributed by atoms with van der Waals surface area (Å²) in [6, 6.07) is -4.71. The van der Waals surface area contributed by atoms with Gasteiger partial charge in [0.05, 0.1) is 12.4 Å². The van der Waals surface area contributed by atoms with Gasteiger partial charge in [-0.15, -0.1) is 0 Å². The van der Waals surface area contributed by atoms with Crippen molar-refractivity contribution in [3.63, 3.8) is 0 Å². The van der Waals surface area contributed by atoms with Gasteiger partial charge in [-0.05, 0) is 12.3 Å². The van der Waals surface area contributed by atoms with E-state index in [1.54, 1.807) is 13.8 Å². The average molecular weight is 501 g/mol. The van der Waals surface area contributed by atoms with E-state index in [1.807, 2.05) is 0 Å². The first-order valence-electron chi connectivity index (χ1n) is 10.7. The minimum absolute atomic E-state index is 0.00388. The summed E-state index contributed by atoms with van der Waals surface area (Å²) in [6.07, 6.45) is 2.57. The first-order chi connectivity index (χ1) is 16.0. The Morgan fingerprint density at radius 3 is 2.24 bits per heavy atom. The Morgan fingerprint density at radius 1 is 1.09 bits per heavy atom. The number of nitrogens with two attached hydrogens (primary N) is 1. The highest BCUT2D eigenvalue weighted by molar-refractivity contribution is 7.80. The van der Waals surface area contributed by atoms with E-state index in [4.69, 9.17) is 10.8 Å². The molecule has 0 aliphatic rings. The number of H-pyrrole nitrogens is 1. The number of thiol groups is 1. The number of carboxylic acid groups (broad SMARTS) is 2. The second-order valence-corrected chi connectivity index (χ2v) is 8.20. The van der Waals surface area contributed by atoms with Crippen molar-refractivity contribution in [1.82, 2.24) is 25.9 Å². The van der Waals surface area contributed by atoms with Crippen LogP contribution in [-0.4, -0.2) is 79.8 Å². The zero-order chi connectivity index (χ0) is 25.8. The van der Waals surface area contributed by atoms with Gasteiger partial charge in [-0.3, -0.25) is 19.2 Å². The molecule has 34 heavy (non-hydrogen) atoms. The number of carbonyl (C=O) groups excluding carboxylic acids is 3. The highest BCUT2D eigenvalue weighted by Gasteiger charge is 2.33. The van der Waals surface area contributed by atoms with Crippen molar-refractivity contribution in [1.29, 1.82) is 0 Å². The lowest BCUT2D eigenvalue weighted by molar-refractivity contribution is -0.142. The van der Waals surface area contributed by atoms with Crippen LogP contribution in [0.2, 0.25) is 0 Å². The van der Waals surface area contributed by atoms with Crippen LogP contribution in [0.1, 0.15) is 38.8 Å². The molecule has 1 aromatic rings. The summed E-state index contributed by atoms with van der Waals surface area (Å²) in [5, 5.41) is 25.8. The molecule has 0 saturated carbocycles. The van der Waals surface area contributed by atoms with Crippen molar-refractivity contribution in [2.75, 3.05) is 5.75 Å². The van der Waals surface area contributed by atoms with E-state index in [2.05, 4.69) is 38.5 Å². The van der Waals surface area contributed by atoms with Crippen LogP contribution >= 0.6 is 12.6 Å². The van der Waals surface area contributed by atoms with Crippen LogP contribution in [0.4, 0.5) is 0 Å². The summed E-state index contributed by atoms with van der Waals surface area (Å²) in [6.45, 7) is 3.47. The number of carbonyl (C=O) groups is 5. The van der Waals surface area contributed by atoms with Gasteiger partial charge in [0.15, 0.2) is 0 Å². The topological polar surface area (TPSA) is 217 Å². The van der Waals surface area contributed by atoms with Crippen LogP contribution in [-0.2, 0) is 30.4 Å². The maximum absolute atomic E-state index is 13.0. The van der Waals surface area contributed by atoms with Crippen molar-refractivity contribution in [3.8, 4) is 0 Å². The molecule has 13 nitrogen and oxygen atoms in total. The van der Waals surface area contributed by atoms with Crippen LogP contribution in [0.5, 0.6) is 0 Å². The second kappa shape index (κ2) is 14.2. The lowest BCUT2D eigenvalue weighted by Crippen LogP contribution is -2.59. The summed E-state index contributed by atoms with van der Waals surface area (Å²) in [5.74, 6) is -5.07. The lowest BCUT2D eigenvalue weighted by atomic mass is 9.97. The van der Waals surface area contributed by atoms with Gasteiger partial charge in [-0.25, -0.2) is 9.78 Å². The molecule has 0 radical (unpaired) electrons. The minimum Gasteiger partial charge on any atom is -0.481 e. The molecule has 0 bridgehead atoms. The predicted octanol–water partition coefficient (Wildman–Crippen LogP) is -1.34. The molecule has 1 aromatic heterocycles. The fourth-order valence-electron chi connectivity index (χ4n) is 2.93. The van der Waals surface area contributed by atoms with Gasteiger partial charge in [-0.1, -0.05) is 20.3 Å². The molecule has 5 unspecified atom stereocenters. The number of hydrogen-bond acceptors (Lipinski definition) is 8. The Kier molecular flexibility index (Phi) is 12.1. The summed E-state index contributed by atoms with van der Waals surface area (Å²) in [7, 11) is 0. The van der Waals surface area contributed by atoms with Gasteiger partial charge in [0.2, 0.25) is 17.7 Å². The van der Waals surface area contributed by atoms with Gasteiger partial charge in [0.1, 0.15) is 18.1 Å². The predicted molar refractivity (Wildman–Crippen MR) is 124 cm³/mol. The van der Waals surface area contributed by atoms with Crippen molar-refractivity contribution >= 4 is 42.3 Å². The van der Waals surface area contributed by atoms with E-state index < -0.39 is 66.2 Å². The third-order valence-electron chi connectivity index (χ3n) is 5.20. The maximum Gasteiger partial charge on any atom is 0.326 e. The van der Waals surface area contributed by atoms with E-state index in [1.165, 1.54) is 12.5 Å². The fourth-order valence-corrected chi connectivity index (χ4v) is 3.10. The van der Waals surface area contributed by atoms with E-state index in [0.717, 1.165) is 0 Å². The third-order valence-corrected chi connectivity index (χ3v) is 5.59. The Balaban J connectivity index is 3.01. The van der Waals surface area contributed by atoms with Crippen LogP contribution in [0.3, 0.4) is 0 Å². The molecule has 190 valence electrons. The monoisotopic (exact) mass is 500 g/mol. The van der Waals surface area contributed by atoms with Crippen molar-refractivity contribution in [3.05, 3.63) is 18.2 Å². The first kappa shape index (κ1) is 28.9. The lowest BCUT2D eigenvalue weighted by Gasteiger charge is -2.28. The van der Waals surface area contributed by atoms with Crippen LogP contribution < -0.4 is 21.7 Å². The Labute approximate surface area is 202 Å². The number of aromatic nitrogens is 2. The largest absolute Gasteiger partial charge is 0.481 e. The van der Waals surface area contributed by atoms with E-state index >= 15 is 0 Å². The highest BCUT2D eigenvalue weighted by Crippen LogP contribution is 2.11. The van der Waals surface area contributed by atoms with Gasteiger partial charge < -0.3 is 36.9 Å². The molecule has 0 saturated heterocycles. The normalized spacial score (nSPS) is 15.3. The highest BCUT2D eigenvalue weighted by atomic mass is 32.1. The summed E-state index contributed by atoms with van der Waals surface area (Å²) in [4.78, 5) is 67.3. The molecular weight excluding hydrogens is 468 g/mol. The average Bonchev–Trinajstić information content (AvgIpc) is 3.31. The molecule has 14 heteroatoms. The molecule has 8 N–H and O–H groups in total. The Morgan fingerprint density at radius 2 is 1.74 bits per heavy atom. The van der Waals surface area contributed by atoms with E-state index in [-0.39, 0.29) is 18.6 Å². The standard InChI is InChI=1S/C20H32N6O7S/c1-3-10(2)16(19(31)25-14(20(32)33)6-11-7-22-9-23-11)26-18(30)13(4-5-15(27)28)24-17(29)12(21)8-34/h7,9-10,12-14,16,34H,3-6,8,21H2,1-2H3,(H,22,23)(H,24,29)(H,25,31)(H,26,30)(H,27,28)(H,32,33). The number of hydrogen-bond donors (Lipinski definition) is 8. The number of nitrogens with zero attached hydrogens (tertiary/aromatic N) is 1. The summed E-state index contributed by atoms with van der Waals surface area (Å²) in [5.41, 5.74) is 6.11. The summed E-state index contributed by atoms with van der Waals surface area (Å²) >= 11 is 3.93. The number of aromatic amines is 1. The number of imidazole rings is 1. The molecular formula is C20H32N6O7S. The molecule has 0 aromatic carbocycles. The number of rotatable bonds is 15. The van der Waals surface area contributed by atoms with Crippen LogP contribution in [0, 0.1) is 5.92 Å². The van der Waals surface area contributed by atoms with Crippen LogP contribution in [0.15, 0.2) is 12.5 Å². The molecule has 1 heterocycles. The van der Waals surface area contributed by atoms with Gasteiger partial charge in [0, 0.05) is 30.5 Å². The number of nitrogens with one attached hydrogen (secondary N) is 4. The Hall–Kier alpha value is -3.13. The number of amides is 3. The Bertz CT molecular complexity index is 850. The quantitative estimate of drug-likeness (QED) is 0.133. The van der Waals surface area contributed by atoms with Gasteiger partial charge >= 0.3 is 11.9 Å². The molecule has 0 spiro atoms. The zero-order valence-electron chi connectivity index (χ0n) is 19.0. The SMILES string of the molecule is CCC(C)C(NC(=O)C(CCC(=O)O)NC(=O)C(N)CS)C(=O)NC(Cc1cnc[nH]1)C(=O)O.